The molecule has 0 fully saturated rings. The van der Waals surface area contributed by atoms with E-state index < -0.39 is 0 Å². The summed E-state index contributed by atoms with van der Waals surface area (Å²) >= 11 is 0. The first-order valence-electron chi connectivity index (χ1n) is 6.29. The second kappa shape index (κ2) is 7.00. The van der Waals surface area contributed by atoms with E-state index in [-0.39, 0.29) is 5.95 Å². The van der Waals surface area contributed by atoms with E-state index in [4.69, 9.17) is 5.73 Å². The van der Waals surface area contributed by atoms with Gasteiger partial charge in [-0.25, -0.2) is 0 Å². The van der Waals surface area contributed by atoms with E-state index in [0.717, 1.165) is 31.1 Å². The Morgan fingerprint density at radius 1 is 1.33 bits per heavy atom. The molecule has 0 amide bonds. The predicted octanol–water partition coefficient (Wildman–Crippen LogP) is 1.24. The second-order valence-corrected chi connectivity index (χ2v) is 4.60. The van der Waals surface area contributed by atoms with Crippen LogP contribution in [-0.4, -0.2) is 48.1 Å². The molecule has 1 heterocycles. The molecule has 0 bridgehead atoms. The summed E-state index contributed by atoms with van der Waals surface area (Å²) in [4.78, 5) is 10.5. The van der Waals surface area contributed by atoms with Crippen LogP contribution in [0.1, 0.15) is 20.3 Å². The summed E-state index contributed by atoms with van der Waals surface area (Å²) in [5.74, 6) is 1.77. The quantitative estimate of drug-likeness (QED) is 0.634. The molecule has 0 aromatic carbocycles. The highest BCUT2D eigenvalue weighted by atomic mass is 15.1. The molecular formula is C12H24N6. The molecule has 0 atom stereocenters. The zero-order valence-electron chi connectivity index (χ0n) is 11.7. The van der Waals surface area contributed by atoms with E-state index in [1.807, 2.05) is 13.1 Å². The standard InChI is InChI=1S/C12H24N6/c1-9(2)18(4)7-5-6-15-11-8-10(14-3)16-12(13)17-11/h8-9H,5-7H2,1-4H3,(H4,13,14,15,16,17). The number of hydrogen-bond donors (Lipinski definition) is 3. The van der Waals surface area contributed by atoms with Crippen LogP contribution in [0.5, 0.6) is 0 Å². The molecule has 1 rings (SSSR count). The van der Waals surface area contributed by atoms with Gasteiger partial charge in [0, 0.05) is 25.7 Å². The fourth-order valence-electron chi connectivity index (χ4n) is 1.49. The minimum absolute atomic E-state index is 0.281. The van der Waals surface area contributed by atoms with E-state index in [1.54, 1.807) is 0 Å². The molecule has 0 aliphatic heterocycles. The van der Waals surface area contributed by atoms with Crippen LogP contribution in [0.3, 0.4) is 0 Å². The van der Waals surface area contributed by atoms with Crippen molar-refractivity contribution in [2.24, 2.45) is 0 Å². The van der Waals surface area contributed by atoms with Gasteiger partial charge in [0.25, 0.3) is 0 Å². The first kappa shape index (κ1) is 14.5. The molecule has 4 N–H and O–H groups in total. The van der Waals surface area contributed by atoms with Crippen molar-refractivity contribution in [3.63, 3.8) is 0 Å². The van der Waals surface area contributed by atoms with Crippen molar-refractivity contribution in [1.29, 1.82) is 0 Å². The van der Waals surface area contributed by atoms with E-state index in [1.165, 1.54) is 0 Å². The molecule has 0 saturated carbocycles. The SMILES string of the molecule is CNc1cc(NCCCN(C)C(C)C)nc(N)n1. The fraction of sp³-hybridized carbons (Fsp3) is 0.667. The van der Waals surface area contributed by atoms with Crippen LogP contribution in [0.25, 0.3) is 0 Å². The molecule has 102 valence electrons. The first-order chi connectivity index (χ1) is 8.52. The Labute approximate surface area is 109 Å². The Bertz CT molecular complexity index is 366. The number of nitrogens with zero attached hydrogens (tertiary/aromatic N) is 3. The molecule has 6 nitrogen and oxygen atoms in total. The fourth-order valence-corrected chi connectivity index (χ4v) is 1.49. The first-order valence-corrected chi connectivity index (χ1v) is 6.29. The summed E-state index contributed by atoms with van der Waals surface area (Å²) in [7, 11) is 3.94. The molecular weight excluding hydrogens is 228 g/mol. The van der Waals surface area contributed by atoms with Crippen molar-refractivity contribution < 1.29 is 0 Å². The second-order valence-electron chi connectivity index (χ2n) is 4.60. The molecule has 0 unspecified atom stereocenters. The van der Waals surface area contributed by atoms with Gasteiger partial charge >= 0.3 is 0 Å². The summed E-state index contributed by atoms with van der Waals surface area (Å²) in [6.07, 6.45) is 1.06. The zero-order valence-corrected chi connectivity index (χ0v) is 11.7. The summed E-state index contributed by atoms with van der Waals surface area (Å²) in [6, 6.07) is 2.43. The van der Waals surface area contributed by atoms with Gasteiger partial charge in [0.1, 0.15) is 11.6 Å². The highest BCUT2D eigenvalue weighted by Gasteiger charge is 2.03. The molecule has 0 saturated heterocycles. The third-order valence-corrected chi connectivity index (χ3v) is 2.87. The van der Waals surface area contributed by atoms with Gasteiger partial charge in [-0.3, -0.25) is 0 Å². The number of anilines is 3. The van der Waals surface area contributed by atoms with Crippen molar-refractivity contribution >= 4 is 17.6 Å². The van der Waals surface area contributed by atoms with Gasteiger partial charge in [0.15, 0.2) is 0 Å². The van der Waals surface area contributed by atoms with Crippen molar-refractivity contribution in [2.45, 2.75) is 26.3 Å². The van der Waals surface area contributed by atoms with Crippen LogP contribution in [0.4, 0.5) is 17.6 Å². The molecule has 6 heteroatoms. The smallest absolute Gasteiger partial charge is 0.223 e. The Morgan fingerprint density at radius 2 is 2.00 bits per heavy atom. The van der Waals surface area contributed by atoms with Crippen LogP contribution in [-0.2, 0) is 0 Å². The van der Waals surface area contributed by atoms with Crippen molar-refractivity contribution in [2.75, 3.05) is 43.6 Å². The van der Waals surface area contributed by atoms with Gasteiger partial charge in [-0.1, -0.05) is 0 Å². The average Bonchev–Trinajstić information content (AvgIpc) is 2.33. The number of nitrogens with one attached hydrogen (secondary N) is 2. The van der Waals surface area contributed by atoms with Gasteiger partial charge < -0.3 is 21.3 Å². The lowest BCUT2D eigenvalue weighted by Crippen LogP contribution is -2.28. The highest BCUT2D eigenvalue weighted by molar-refractivity contribution is 5.50. The summed E-state index contributed by atoms with van der Waals surface area (Å²) in [5.41, 5.74) is 5.62. The van der Waals surface area contributed by atoms with E-state index >= 15 is 0 Å². The lowest BCUT2D eigenvalue weighted by atomic mass is 10.3. The van der Waals surface area contributed by atoms with Gasteiger partial charge in [-0.15, -0.1) is 0 Å². The van der Waals surface area contributed by atoms with Crippen molar-refractivity contribution in [3.8, 4) is 0 Å². The summed E-state index contributed by atoms with van der Waals surface area (Å²) < 4.78 is 0. The monoisotopic (exact) mass is 252 g/mol. The molecule has 0 spiro atoms. The van der Waals surface area contributed by atoms with E-state index in [0.29, 0.717) is 6.04 Å². The Morgan fingerprint density at radius 3 is 2.61 bits per heavy atom. The Kier molecular flexibility index (Phi) is 5.64. The lowest BCUT2D eigenvalue weighted by Gasteiger charge is -2.20. The van der Waals surface area contributed by atoms with Crippen molar-refractivity contribution in [3.05, 3.63) is 6.07 Å². The van der Waals surface area contributed by atoms with Gasteiger partial charge in [-0.05, 0) is 33.9 Å². The van der Waals surface area contributed by atoms with Gasteiger partial charge in [-0.2, -0.15) is 9.97 Å². The van der Waals surface area contributed by atoms with E-state index in [9.17, 15) is 0 Å². The normalized spacial score (nSPS) is 11.0. The molecule has 0 aliphatic rings. The van der Waals surface area contributed by atoms with Crippen LogP contribution in [0.2, 0.25) is 0 Å². The van der Waals surface area contributed by atoms with Crippen LogP contribution in [0.15, 0.2) is 6.07 Å². The lowest BCUT2D eigenvalue weighted by molar-refractivity contribution is 0.273. The largest absolute Gasteiger partial charge is 0.373 e. The Balaban J connectivity index is 2.37. The maximum Gasteiger partial charge on any atom is 0.223 e. The van der Waals surface area contributed by atoms with Gasteiger partial charge in [0.05, 0.1) is 0 Å². The summed E-state index contributed by atoms with van der Waals surface area (Å²) in [5, 5.41) is 6.21. The highest BCUT2D eigenvalue weighted by Crippen LogP contribution is 2.11. The number of rotatable bonds is 7. The topological polar surface area (TPSA) is 79.1 Å². The van der Waals surface area contributed by atoms with E-state index in [2.05, 4.69) is 46.4 Å². The minimum atomic E-state index is 0.281. The molecule has 18 heavy (non-hydrogen) atoms. The Hall–Kier alpha value is -1.56. The molecule has 1 aromatic rings. The zero-order chi connectivity index (χ0) is 13.5. The maximum absolute atomic E-state index is 5.62. The third kappa shape index (κ3) is 4.75. The maximum atomic E-state index is 5.62. The van der Waals surface area contributed by atoms with Crippen molar-refractivity contribution in [1.82, 2.24) is 14.9 Å². The van der Waals surface area contributed by atoms with Crippen LogP contribution < -0.4 is 16.4 Å². The van der Waals surface area contributed by atoms with Crippen LogP contribution in [0, 0.1) is 0 Å². The number of nitrogens with two attached hydrogens (primary N) is 1. The minimum Gasteiger partial charge on any atom is -0.373 e. The molecule has 1 aromatic heterocycles. The number of aromatic nitrogens is 2. The number of nitrogen functional groups attached to an aromatic ring is 1. The molecule has 0 radical (unpaired) electrons. The van der Waals surface area contributed by atoms with Crippen LogP contribution >= 0.6 is 0 Å². The predicted molar refractivity (Wildman–Crippen MR) is 76.9 cm³/mol. The third-order valence-electron chi connectivity index (χ3n) is 2.87. The average molecular weight is 252 g/mol. The summed E-state index contributed by atoms with van der Waals surface area (Å²) in [6.45, 7) is 6.32. The number of hydrogen-bond acceptors (Lipinski definition) is 6. The molecule has 0 aliphatic carbocycles. The van der Waals surface area contributed by atoms with Gasteiger partial charge in [0.2, 0.25) is 5.95 Å².